The van der Waals surface area contributed by atoms with Crippen LogP contribution in [0.4, 0.5) is 0 Å². The number of rotatable bonds is 0. The number of halogens is 2. The van der Waals surface area contributed by atoms with Crippen molar-refractivity contribution >= 4 is 6.71 Å². The average Bonchev–Trinajstić information content (AvgIpc) is 2.76. The maximum Gasteiger partial charge on any atom is 4.00 e. The van der Waals surface area contributed by atoms with Gasteiger partial charge in [-0.1, -0.05) is 32.4 Å². The molecule has 0 fully saturated rings. The van der Waals surface area contributed by atoms with Crippen LogP contribution in [0.1, 0.15) is 27.2 Å². The molecule has 4 heteroatoms. The monoisotopic (exact) mass is 358 g/mol. The fraction of sp³-hybridized carbons (Fsp3) is 0.429. The smallest absolute Gasteiger partial charge is 1.00 e. The van der Waals surface area contributed by atoms with E-state index in [1.54, 1.807) is 0 Å². The Kier molecular flexibility index (Phi) is 16.4. The van der Waals surface area contributed by atoms with Gasteiger partial charge in [-0.05, 0) is 0 Å². The molecule has 0 bridgehead atoms. The van der Waals surface area contributed by atoms with Gasteiger partial charge in [-0.3, -0.25) is 6.08 Å². The van der Waals surface area contributed by atoms with Gasteiger partial charge < -0.3 is 30.8 Å². The Morgan fingerprint density at radius 3 is 1.83 bits per heavy atom. The van der Waals surface area contributed by atoms with Gasteiger partial charge in [-0.2, -0.15) is 12.2 Å². The molecule has 0 nitrogen and oxygen atoms in total. The number of hydrogen-bond donors (Lipinski definition) is 0. The Morgan fingerprint density at radius 1 is 1.00 bits per heavy atom. The standard InChI is InChI=1S/C9H14B.C5H5.2ClH.Zr/c1-9(2,3)10-7-5-4-6-8-10;1-2-4-5-3-1;;;/h4-6H,7H2,1-3H3;1-3H,4H2;2*1H;/q2*-1;;;+4/p-2. The molecule has 0 aromatic carbocycles. The zero-order valence-corrected chi connectivity index (χ0v) is 15.2. The zero-order valence-electron chi connectivity index (χ0n) is 11.2. The van der Waals surface area contributed by atoms with E-state index in [4.69, 9.17) is 0 Å². The van der Waals surface area contributed by atoms with Crippen molar-refractivity contribution in [3.8, 4) is 0 Å². The third-order valence-corrected chi connectivity index (χ3v) is 2.53. The van der Waals surface area contributed by atoms with Crippen LogP contribution in [0.5, 0.6) is 0 Å². The van der Waals surface area contributed by atoms with Crippen molar-refractivity contribution in [2.24, 2.45) is 0 Å². The Bertz CT molecular complexity index is 291. The van der Waals surface area contributed by atoms with E-state index in [0.717, 1.165) is 12.7 Å². The van der Waals surface area contributed by atoms with Crippen LogP contribution in [-0.2, 0) is 26.2 Å². The van der Waals surface area contributed by atoms with Crippen LogP contribution >= 0.6 is 0 Å². The summed E-state index contributed by atoms with van der Waals surface area (Å²) < 4.78 is 0. The average molecular weight is 360 g/mol. The molecule has 0 spiro atoms. The summed E-state index contributed by atoms with van der Waals surface area (Å²) >= 11 is 0. The van der Waals surface area contributed by atoms with E-state index in [1.807, 2.05) is 18.2 Å². The summed E-state index contributed by atoms with van der Waals surface area (Å²) in [6.45, 7) is 7.39. The first kappa shape index (κ1) is 23.6. The van der Waals surface area contributed by atoms with E-state index < -0.39 is 0 Å². The molecule has 0 amide bonds. The predicted molar refractivity (Wildman–Crippen MR) is 68.8 cm³/mol. The summed E-state index contributed by atoms with van der Waals surface area (Å²) in [5.74, 6) is 3.35. The molecular formula is C14H19BCl2Zr. The van der Waals surface area contributed by atoms with Crippen molar-refractivity contribution in [3.63, 3.8) is 0 Å². The molecule has 0 radical (unpaired) electrons. The second-order valence-electron chi connectivity index (χ2n) is 4.92. The largest absolute Gasteiger partial charge is 4.00 e. The minimum absolute atomic E-state index is 0. The maximum atomic E-state index is 3.35. The molecule has 1 heterocycles. The van der Waals surface area contributed by atoms with Crippen LogP contribution in [0.25, 0.3) is 0 Å². The van der Waals surface area contributed by atoms with Crippen LogP contribution < -0.4 is 24.8 Å². The molecule has 2 aliphatic rings. The van der Waals surface area contributed by atoms with Crippen molar-refractivity contribution in [3.05, 3.63) is 48.5 Å². The molecule has 0 atom stereocenters. The predicted octanol–water partition coefficient (Wildman–Crippen LogP) is -1.94. The summed E-state index contributed by atoms with van der Waals surface area (Å²) in [4.78, 5) is 0. The third-order valence-electron chi connectivity index (χ3n) is 2.53. The van der Waals surface area contributed by atoms with Gasteiger partial charge in [0.2, 0.25) is 0 Å². The minimum Gasteiger partial charge on any atom is -1.00 e. The molecule has 18 heavy (non-hydrogen) atoms. The van der Waals surface area contributed by atoms with Gasteiger partial charge in [0.15, 0.2) is 0 Å². The van der Waals surface area contributed by atoms with Crippen LogP contribution in [0.15, 0.2) is 36.5 Å². The molecule has 1 aliphatic carbocycles. The van der Waals surface area contributed by atoms with Crippen molar-refractivity contribution in [2.75, 3.05) is 0 Å². The van der Waals surface area contributed by atoms with Crippen molar-refractivity contribution in [1.82, 2.24) is 0 Å². The van der Waals surface area contributed by atoms with Gasteiger partial charge in [0.1, 0.15) is 0 Å². The van der Waals surface area contributed by atoms with E-state index in [0.29, 0.717) is 12.0 Å². The molecule has 0 unspecified atom stereocenters. The first-order valence-electron chi connectivity index (χ1n) is 5.57. The van der Waals surface area contributed by atoms with Crippen molar-refractivity contribution < 1.29 is 51.0 Å². The van der Waals surface area contributed by atoms with E-state index in [9.17, 15) is 0 Å². The third kappa shape index (κ3) is 10.4. The topological polar surface area (TPSA) is 0 Å². The molecule has 1 aliphatic heterocycles. The summed E-state index contributed by atoms with van der Waals surface area (Å²) in [6, 6.07) is 0. The van der Waals surface area contributed by atoms with Gasteiger partial charge in [0, 0.05) is 0 Å². The molecular weight excluding hydrogens is 341 g/mol. The summed E-state index contributed by atoms with van der Waals surface area (Å²) in [5, 5.41) is 0.376. The van der Waals surface area contributed by atoms with Gasteiger partial charge in [0.05, 0.1) is 6.71 Å². The molecule has 96 valence electrons. The molecule has 0 saturated carbocycles. The number of hydrogen-bond acceptors (Lipinski definition) is 0. The van der Waals surface area contributed by atoms with Gasteiger partial charge >= 0.3 is 26.2 Å². The van der Waals surface area contributed by atoms with Crippen LogP contribution in [0.2, 0.25) is 11.6 Å². The second kappa shape index (κ2) is 12.5. The van der Waals surface area contributed by atoms with Gasteiger partial charge in [-0.25, -0.2) is 24.3 Å². The number of allylic oxidation sites excluding steroid dienone is 7. The SMILES string of the molecule is CC(C)(C)B1[C-]=CC=CC1.[C-]1=CC=CC1.[Cl-].[Cl-].[Zr+4]. The van der Waals surface area contributed by atoms with E-state index in [2.05, 4.69) is 51.1 Å². The maximum absolute atomic E-state index is 3.35. The quantitative estimate of drug-likeness (QED) is 0.349. The van der Waals surface area contributed by atoms with Gasteiger partial charge in [-0.15, -0.1) is 6.42 Å². The minimum atomic E-state index is 0. The Hall–Kier alpha value is 0.488. The first-order chi connectivity index (χ1) is 7.11. The van der Waals surface area contributed by atoms with Crippen LogP contribution in [0, 0.1) is 12.1 Å². The van der Waals surface area contributed by atoms with Gasteiger partial charge in [0.25, 0.3) is 0 Å². The Balaban J connectivity index is -0.000000245. The molecule has 0 aromatic rings. The van der Waals surface area contributed by atoms with E-state index in [-0.39, 0.29) is 51.0 Å². The molecule has 0 aromatic heterocycles. The van der Waals surface area contributed by atoms with Crippen LogP contribution in [0.3, 0.4) is 0 Å². The molecule has 2 rings (SSSR count). The summed E-state index contributed by atoms with van der Waals surface area (Å²) in [7, 11) is 0. The Morgan fingerprint density at radius 2 is 1.61 bits per heavy atom. The zero-order chi connectivity index (χ0) is 11.1. The fourth-order valence-electron chi connectivity index (χ4n) is 1.47. The Labute approximate surface area is 144 Å². The molecule has 0 saturated heterocycles. The van der Waals surface area contributed by atoms with Crippen LogP contribution in [-0.4, -0.2) is 6.71 Å². The van der Waals surface area contributed by atoms with Crippen molar-refractivity contribution in [1.29, 1.82) is 0 Å². The van der Waals surface area contributed by atoms with Crippen molar-refractivity contribution in [2.45, 2.75) is 38.8 Å². The summed E-state index contributed by atoms with van der Waals surface area (Å²) in [6.07, 6.45) is 17.5. The molecule has 0 N–H and O–H groups in total. The normalized spacial score (nSPS) is 14.9. The summed E-state index contributed by atoms with van der Waals surface area (Å²) in [5.41, 5.74) is 0. The second-order valence-corrected chi connectivity index (χ2v) is 4.92. The van der Waals surface area contributed by atoms with E-state index in [1.165, 1.54) is 0 Å². The van der Waals surface area contributed by atoms with E-state index >= 15 is 0 Å². The first-order valence-corrected chi connectivity index (χ1v) is 5.57. The fourth-order valence-corrected chi connectivity index (χ4v) is 1.47.